The van der Waals surface area contributed by atoms with E-state index in [1.54, 1.807) is 0 Å². The average molecular weight is 242 g/mol. The SMILES string of the molecule is CC(C)(CO)NC(=O)C(C)(C)C1CCCNC1. The molecule has 1 amide bonds. The first-order chi connectivity index (χ1) is 7.79. The van der Waals surface area contributed by atoms with Gasteiger partial charge in [-0.25, -0.2) is 0 Å². The lowest BCUT2D eigenvalue weighted by atomic mass is 9.74. The van der Waals surface area contributed by atoms with Crippen LogP contribution in [0.2, 0.25) is 0 Å². The molecule has 0 saturated carbocycles. The molecule has 1 saturated heterocycles. The van der Waals surface area contributed by atoms with E-state index in [-0.39, 0.29) is 17.9 Å². The van der Waals surface area contributed by atoms with Crippen molar-refractivity contribution in [3.63, 3.8) is 0 Å². The molecule has 0 radical (unpaired) electrons. The number of amides is 1. The third kappa shape index (κ3) is 3.68. The normalized spacial score (nSPS) is 22.3. The lowest BCUT2D eigenvalue weighted by Crippen LogP contribution is -2.54. The van der Waals surface area contributed by atoms with E-state index >= 15 is 0 Å². The molecule has 0 bridgehead atoms. The largest absolute Gasteiger partial charge is 0.394 e. The van der Waals surface area contributed by atoms with Gasteiger partial charge in [0.05, 0.1) is 12.1 Å². The Hall–Kier alpha value is -0.610. The van der Waals surface area contributed by atoms with Gasteiger partial charge in [0.25, 0.3) is 0 Å². The van der Waals surface area contributed by atoms with Crippen LogP contribution in [-0.2, 0) is 4.79 Å². The third-order valence-electron chi connectivity index (χ3n) is 3.75. The van der Waals surface area contributed by atoms with Crippen molar-refractivity contribution >= 4 is 5.91 Å². The lowest BCUT2D eigenvalue weighted by molar-refractivity contribution is -0.134. The first kappa shape index (κ1) is 14.5. The Bertz CT molecular complexity index is 269. The van der Waals surface area contributed by atoms with E-state index in [0.29, 0.717) is 5.92 Å². The average Bonchev–Trinajstić information content (AvgIpc) is 2.29. The maximum Gasteiger partial charge on any atom is 0.226 e. The van der Waals surface area contributed by atoms with E-state index in [9.17, 15) is 9.90 Å². The van der Waals surface area contributed by atoms with Crippen LogP contribution in [0.4, 0.5) is 0 Å². The number of aliphatic hydroxyl groups is 1. The van der Waals surface area contributed by atoms with Crippen molar-refractivity contribution < 1.29 is 9.90 Å². The molecular formula is C13H26N2O2. The van der Waals surface area contributed by atoms with Crippen molar-refractivity contribution in [2.24, 2.45) is 11.3 Å². The molecule has 0 aromatic heterocycles. The highest BCUT2D eigenvalue weighted by Crippen LogP contribution is 2.32. The molecule has 4 heteroatoms. The summed E-state index contributed by atoms with van der Waals surface area (Å²) in [4.78, 5) is 12.3. The summed E-state index contributed by atoms with van der Waals surface area (Å²) in [5, 5.41) is 15.5. The molecule has 1 atom stereocenters. The van der Waals surface area contributed by atoms with Crippen molar-refractivity contribution in [2.45, 2.75) is 46.1 Å². The van der Waals surface area contributed by atoms with Gasteiger partial charge in [0.1, 0.15) is 0 Å². The molecule has 3 N–H and O–H groups in total. The number of carbonyl (C=O) groups is 1. The van der Waals surface area contributed by atoms with Gasteiger partial charge >= 0.3 is 0 Å². The van der Waals surface area contributed by atoms with Crippen LogP contribution in [-0.4, -0.2) is 36.2 Å². The van der Waals surface area contributed by atoms with E-state index in [1.165, 1.54) is 0 Å². The summed E-state index contributed by atoms with van der Waals surface area (Å²) in [7, 11) is 0. The zero-order valence-corrected chi connectivity index (χ0v) is 11.5. The standard InChI is InChI=1S/C13H26N2O2/c1-12(2,9-16)15-11(17)13(3,4)10-6-5-7-14-8-10/h10,14,16H,5-9H2,1-4H3,(H,15,17). The van der Waals surface area contributed by atoms with Gasteiger partial charge in [0, 0.05) is 5.41 Å². The number of hydrogen-bond donors (Lipinski definition) is 3. The van der Waals surface area contributed by atoms with Crippen molar-refractivity contribution in [1.29, 1.82) is 0 Å². The number of hydrogen-bond acceptors (Lipinski definition) is 3. The van der Waals surface area contributed by atoms with Gasteiger partial charge in [-0.15, -0.1) is 0 Å². The van der Waals surface area contributed by atoms with E-state index in [4.69, 9.17) is 0 Å². The van der Waals surface area contributed by atoms with Gasteiger partial charge in [-0.1, -0.05) is 13.8 Å². The quantitative estimate of drug-likeness (QED) is 0.686. The zero-order chi connectivity index (χ0) is 13.1. The summed E-state index contributed by atoms with van der Waals surface area (Å²) in [6.07, 6.45) is 2.22. The second-order valence-electron chi connectivity index (χ2n) is 6.26. The minimum atomic E-state index is -0.545. The monoisotopic (exact) mass is 242 g/mol. The number of piperidine rings is 1. The van der Waals surface area contributed by atoms with E-state index < -0.39 is 5.54 Å². The lowest BCUT2D eigenvalue weighted by Gasteiger charge is -2.38. The Morgan fingerprint density at radius 1 is 1.41 bits per heavy atom. The predicted molar refractivity (Wildman–Crippen MR) is 68.7 cm³/mol. The Morgan fingerprint density at radius 2 is 2.06 bits per heavy atom. The van der Waals surface area contributed by atoms with Crippen molar-refractivity contribution in [3.05, 3.63) is 0 Å². The molecule has 0 aromatic carbocycles. The molecule has 1 aliphatic heterocycles. The maximum absolute atomic E-state index is 12.3. The van der Waals surface area contributed by atoms with Crippen molar-refractivity contribution in [1.82, 2.24) is 10.6 Å². The molecular weight excluding hydrogens is 216 g/mol. The second-order valence-corrected chi connectivity index (χ2v) is 6.26. The van der Waals surface area contributed by atoms with E-state index in [0.717, 1.165) is 25.9 Å². The Balaban J connectivity index is 2.65. The molecule has 1 unspecified atom stereocenters. The van der Waals surface area contributed by atoms with Crippen molar-refractivity contribution in [3.8, 4) is 0 Å². The number of nitrogens with one attached hydrogen (secondary N) is 2. The van der Waals surface area contributed by atoms with Gasteiger partial charge in [0.15, 0.2) is 0 Å². The van der Waals surface area contributed by atoms with Crippen LogP contribution in [0.25, 0.3) is 0 Å². The van der Waals surface area contributed by atoms with Crippen LogP contribution in [0, 0.1) is 11.3 Å². The summed E-state index contributed by atoms with van der Waals surface area (Å²) in [5.74, 6) is 0.399. The number of aliphatic hydroxyl groups excluding tert-OH is 1. The Morgan fingerprint density at radius 3 is 2.53 bits per heavy atom. The fourth-order valence-electron chi connectivity index (χ4n) is 2.16. The van der Waals surface area contributed by atoms with Crippen LogP contribution >= 0.6 is 0 Å². The van der Waals surface area contributed by atoms with Crippen LogP contribution in [0.15, 0.2) is 0 Å². The van der Waals surface area contributed by atoms with Crippen LogP contribution in [0.5, 0.6) is 0 Å². The molecule has 100 valence electrons. The van der Waals surface area contributed by atoms with Gasteiger partial charge in [-0.2, -0.15) is 0 Å². The van der Waals surface area contributed by atoms with Gasteiger partial charge in [-0.05, 0) is 45.7 Å². The minimum absolute atomic E-state index is 0.0326. The summed E-state index contributed by atoms with van der Waals surface area (Å²) in [5.41, 5.74) is -0.934. The summed E-state index contributed by atoms with van der Waals surface area (Å²) in [6.45, 7) is 9.56. The molecule has 1 rings (SSSR count). The molecule has 0 aliphatic carbocycles. The number of carbonyl (C=O) groups excluding carboxylic acids is 1. The molecule has 1 fully saturated rings. The van der Waals surface area contributed by atoms with E-state index in [2.05, 4.69) is 10.6 Å². The molecule has 0 aromatic rings. The molecule has 4 nitrogen and oxygen atoms in total. The van der Waals surface area contributed by atoms with Crippen LogP contribution < -0.4 is 10.6 Å². The highest BCUT2D eigenvalue weighted by molar-refractivity contribution is 5.82. The fraction of sp³-hybridized carbons (Fsp3) is 0.923. The Labute approximate surface area is 104 Å². The molecule has 0 spiro atoms. The highest BCUT2D eigenvalue weighted by atomic mass is 16.3. The first-order valence-corrected chi connectivity index (χ1v) is 6.44. The van der Waals surface area contributed by atoms with Crippen LogP contribution in [0.3, 0.4) is 0 Å². The highest BCUT2D eigenvalue weighted by Gasteiger charge is 2.39. The fourth-order valence-corrected chi connectivity index (χ4v) is 2.16. The molecule has 17 heavy (non-hydrogen) atoms. The molecule has 1 heterocycles. The summed E-state index contributed by atoms with van der Waals surface area (Å²) >= 11 is 0. The number of rotatable bonds is 4. The smallest absolute Gasteiger partial charge is 0.226 e. The van der Waals surface area contributed by atoms with Crippen molar-refractivity contribution in [2.75, 3.05) is 19.7 Å². The van der Waals surface area contributed by atoms with Gasteiger partial charge in [-0.3, -0.25) is 4.79 Å². The van der Waals surface area contributed by atoms with Crippen LogP contribution in [0.1, 0.15) is 40.5 Å². The maximum atomic E-state index is 12.3. The molecule has 1 aliphatic rings. The summed E-state index contributed by atoms with van der Waals surface area (Å²) in [6, 6.07) is 0. The predicted octanol–water partition coefficient (Wildman–Crippen LogP) is 0.899. The zero-order valence-electron chi connectivity index (χ0n) is 11.5. The first-order valence-electron chi connectivity index (χ1n) is 6.44. The summed E-state index contributed by atoms with van der Waals surface area (Å²) < 4.78 is 0. The second kappa shape index (κ2) is 5.36. The Kier molecular flexibility index (Phi) is 4.55. The van der Waals surface area contributed by atoms with E-state index in [1.807, 2.05) is 27.7 Å². The topological polar surface area (TPSA) is 61.4 Å². The minimum Gasteiger partial charge on any atom is -0.394 e. The third-order valence-corrected chi connectivity index (χ3v) is 3.75. The van der Waals surface area contributed by atoms with Gasteiger partial charge < -0.3 is 15.7 Å². The van der Waals surface area contributed by atoms with Gasteiger partial charge in [0.2, 0.25) is 5.91 Å².